The number of hydrogen-bond acceptors (Lipinski definition) is 3. The summed E-state index contributed by atoms with van der Waals surface area (Å²) in [6, 6.07) is 14.8. The standard InChI is InChI=1S/C17H19NO2/c1-3-11-18-15-7-9-16(10-8-15)20-17(19)14-6-4-5-13(2)12-14/h4-10,12,18H,3,11H2,1-2H3. The minimum atomic E-state index is -0.331. The Morgan fingerprint density at radius 3 is 2.55 bits per heavy atom. The van der Waals surface area contributed by atoms with Crippen LogP contribution in [0.15, 0.2) is 48.5 Å². The molecule has 0 bridgehead atoms. The number of ether oxygens (including phenoxy) is 1. The van der Waals surface area contributed by atoms with Crippen molar-refractivity contribution in [1.29, 1.82) is 0 Å². The average molecular weight is 269 g/mol. The van der Waals surface area contributed by atoms with Crippen molar-refractivity contribution in [1.82, 2.24) is 0 Å². The predicted molar refractivity (Wildman–Crippen MR) is 81.4 cm³/mol. The van der Waals surface area contributed by atoms with E-state index in [-0.39, 0.29) is 5.97 Å². The van der Waals surface area contributed by atoms with E-state index in [1.54, 1.807) is 18.2 Å². The molecule has 0 saturated carbocycles. The average Bonchev–Trinajstić information content (AvgIpc) is 2.46. The lowest BCUT2D eigenvalue weighted by molar-refractivity contribution is 0.0734. The minimum absolute atomic E-state index is 0.331. The number of nitrogens with one attached hydrogen (secondary N) is 1. The molecule has 104 valence electrons. The van der Waals surface area contributed by atoms with E-state index in [0.29, 0.717) is 11.3 Å². The molecule has 0 radical (unpaired) electrons. The zero-order chi connectivity index (χ0) is 14.4. The maximum Gasteiger partial charge on any atom is 0.343 e. The third-order valence-electron chi connectivity index (χ3n) is 2.90. The van der Waals surface area contributed by atoms with Gasteiger partial charge in [-0.3, -0.25) is 0 Å². The van der Waals surface area contributed by atoms with Crippen molar-refractivity contribution in [2.45, 2.75) is 20.3 Å². The SMILES string of the molecule is CCCNc1ccc(OC(=O)c2cccc(C)c2)cc1. The van der Waals surface area contributed by atoms with Gasteiger partial charge in [0.2, 0.25) is 0 Å². The monoisotopic (exact) mass is 269 g/mol. The highest BCUT2D eigenvalue weighted by molar-refractivity contribution is 5.91. The summed E-state index contributed by atoms with van der Waals surface area (Å²) < 4.78 is 5.35. The number of carbonyl (C=O) groups excluding carboxylic acids is 1. The fourth-order valence-corrected chi connectivity index (χ4v) is 1.85. The molecule has 2 aromatic carbocycles. The molecule has 0 aliphatic rings. The van der Waals surface area contributed by atoms with Crippen molar-refractivity contribution in [3.05, 3.63) is 59.7 Å². The fraction of sp³-hybridized carbons (Fsp3) is 0.235. The maximum absolute atomic E-state index is 12.0. The summed E-state index contributed by atoms with van der Waals surface area (Å²) in [4.78, 5) is 12.0. The highest BCUT2D eigenvalue weighted by atomic mass is 16.5. The molecule has 0 aliphatic carbocycles. The first-order chi connectivity index (χ1) is 9.69. The third-order valence-corrected chi connectivity index (χ3v) is 2.90. The second-order valence-electron chi connectivity index (χ2n) is 4.71. The van der Waals surface area contributed by atoms with Crippen LogP contribution in [0.2, 0.25) is 0 Å². The van der Waals surface area contributed by atoms with Crippen LogP contribution < -0.4 is 10.1 Å². The second kappa shape index (κ2) is 6.75. The van der Waals surface area contributed by atoms with Crippen LogP contribution in [0.5, 0.6) is 5.75 Å². The van der Waals surface area contributed by atoms with Gasteiger partial charge in [0.25, 0.3) is 0 Å². The Balaban J connectivity index is 2.01. The van der Waals surface area contributed by atoms with Crippen molar-refractivity contribution in [2.75, 3.05) is 11.9 Å². The molecule has 0 heterocycles. The topological polar surface area (TPSA) is 38.3 Å². The van der Waals surface area contributed by atoms with Crippen LogP contribution in [0, 0.1) is 6.92 Å². The van der Waals surface area contributed by atoms with Gasteiger partial charge in [-0.1, -0.05) is 24.6 Å². The van der Waals surface area contributed by atoms with Gasteiger partial charge < -0.3 is 10.1 Å². The molecule has 3 heteroatoms. The number of hydrogen-bond donors (Lipinski definition) is 1. The Kier molecular flexibility index (Phi) is 4.77. The lowest BCUT2D eigenvalue weighted by atomic mass is 10.1. The van der Waals surface area contributed by atoms with Gasteiger partial charge in [0, 0.05) is 12.2 Å². The van der Waals surface area contributed by atoms with Crippen LogP contribution in [-0.2, 0) is 0 Å². The van der Waals surface area contributed by atoms with Gasteiger partial charge in [0.05, 0.1) is 5.56 Å². The Bertz CT molecular complexity index is 576. The first-order valence-corrected chi connectivity index (χ1v) is 6.82. The van der Waals surface area contributed by atoms with Crippen molar-refractivity contribution in [3.63, 3.8) is 0 Å². The molecule has 3 nitrogen and oxygen atoms in total. The molecule has 0 fully saturated rings. The predicted octanol–water partition coefficient (Wildman–Crippen LogP) is 4.04. The lowest BCUT2D eigenvalue weighted by Gasteiger charge is -2.07. The summed E-state index contributed by atoms with van der Waals surface area (Å²) in [7, 11) is 0. The number of rotatable bonds is 5. The minimum Gasteiger partial charge on any atom is -0.423 e. The highest BCUT2D eigenvalue weighted by Crippen LogP contribution is 2.17. The summed E-state index contributed by atoms with van der Waals surface area (Å²) in [5.41, 5.74) is 2.64. The van der Waals surface area contributed by atoms with E-state index in [1.807, 2.05) is 37.3 Å². The van der Waals surface area contributed by atoms with E-state index in [0.717, 1.165) is 24.2 Å². The number of aryl methyl sites for hydroxylation is 1. The summed E-state index contributed by atoms with van der Waals surface area (Å²) in [6.45, 7) is 5.00. The number of carbonyl (C=O) groups is 1. The molecular weight excluding hydrogens is 250 g/mol. The molecule has 0 saturated heterocycles. The molecular formula is C17H19NO2. The van der Waals surface area contributed by atoms with E-state index >= 15 is 0 Å². The molecule has 2 aromatic rings. The van der Waals surface area contributed by atoms with E-state index in [4.69, 9.17) is 4.74 Å². The number of esters is 1. The maximum atomic E-state index is 12.0. The second-order valence-corrected chi connectivity index (χ2v) is 4.71. The molecule has 0 spiro atoms. The van der Waals surface area contributed by atoms with E-state index in [2.05, 4.69) is 12.2 Å². The van der Waals surface area contributed by atoms with E-state index in [9.17, 15) is 4.79 Å². The van der Waals surface area contributed by atoms with Gasteiger partial charge in [0.15, 0.2) is 0 Å². The summed E-state index contributed by atoms with van der Waals surface area (Å²) in [5.74, 6) is 0.224. The van der Waals surface area contributed by atoms with Gasteiger partial charge in [-0.05, 0) is 49.7 Å². The molecule has 0 atom stereocenters. The van der Waals surface area contributed by atoms with Crippen molar-refractivity contribution >= 4 is 11.7 Å². The Morgan fingerprint density at radius 2 is 1.90 bits per heavy atom. The van der Waals surface area contributed by atoms with Crippen molar-refractivity contribution < 1.29 is 9.53 Å². The van der Waals surface area contributed by atoms with Crippen LogP contribution in [0.3, 0.4) is 0 Å². The first-order valence-electron chi connectivity index (χ1n) is 6.82. The lowest BCUT2D eigenvalue weighted by Crippen LogP contribution is -2.08. The van der Waals surface area contributed by atoms with Crippen LogP contribution >= 0.6 is 0 Å². The summed E-state index contributed by atoms with van der Waals surface area (Å²) in [6.07, 6.45) is 1.07. The number of benzene rings is 2. The molecule has 2 rings (SSSR count). The highest BCUT2D eigenvalue weighted by Gasteiger charge is 2.08. The molecule has 0 aliphatic heterocycles. The molecule has 0 unspecified atom stereocenters. The van der Waals surface area contributed by atoms with Crippen LogP contribution in [0.1, 0.15) is 29.3 Å². The van der Waals surface area contributed by atoms with E-state index in [1.165, 1.54) is 0 Å². The van der Waals surface area contributed by atoms with Crippen LogP contribution in [0.25, 0.3) is 0 Å². The molecule has 1 N–H and O–H groups in total. The van der Waals surface area contributed by atoms with Crippen molar-refractivity contribution in [3.8, 4) is 5.75 Å². The zero-order valence-electron chi connectivity index (χ0n) is 11.8. The third kappa shape index (κ3) is 3.85. The van der Waals surface area contributed by atoms with Crippen molar-refractivity contribution in [2.24, 2.45) is 0 Å². The van der Waals surface area contributed by atoms with Crippen LogP contribution in [-0.4, -0.2) is 12.5 Å². The Labute approximate surface area is 119 Å². The quantitative estimate of drug-likeness (QED) is 0.657. The van der Waals surface area contributed by atoms with Gasteiger partial charge in [-0.2, -0.15) is 0 Å². The smallest absolute Gasteiger partial charge is 0.343 e. The Morgan fingerprint density at radius 1 is 1.15 bits per heavy atom. The summed E-state index contributed by atoms with van der Waals surface area (Å²) >= 11 is 0. The fourth-order valence-electron chi connectivity index (χ4n) is 1.85. The van der Waals surface area contributed by atoms with E-state index < -0.39 is 0 Å². The molecule has 0 amide bonds. The normalized spacial score (nSPS) is 10.1. The van der Waals surface area contributed by atoms with Crippen LogP contribution in [0.4, 0.5) is 5.69 Å². The largest absolute Gasteiger partial charge is 0.423 e. The molecule has 20 heavy (non-hydrogen) atoms. The summed E-state index contributed by atoms with van der Waals surface area (Å²) in [5, 5.41) is 3.27. The number of anilines is 1. The first kappa shape index (κ1) is 14.1. The van der Waals surface area contributed by atoms with Gasteiger partial charge in [-0.15, -0.1) is 0 Å². The zero-order valence-corrected chi connectivity index (χ0v) is 11.8. The molecule has 0 aromatic heterocycles. The Hall–Kier alpha value is -2.29. The van der Waals surface area contributed by atoms with Gasteiger partial charge in [-0.25, -0.2) is 4.79 Å². The van der Waals surface area contributed by atoms with Gasteiger partial charge in [0.1, 0.15) is 5.75 Å². The van der Waals surface area contributed by atoms with Gasteiger partial charge >= 0.3 is 5.97 Å².